The molecular weight excluding hydrogens is 260 g/mol. The number of thiophene rings is 1. The first kappa shape index (κ1) is 12.7. The monoisotopic (exact) mass is 278 g/mol. The third-order valence-electron chi connectivity index (χ3n) is 4.50. The van der Waals surface area contributed by atoms with Crippen molar-refractivity contribution in [2.24, 2.45) is 0 Å². The Morgan fingerprint density at radius 1 is 1.42 bits per heavy atom. The quantitative estimate of drug-likeness (QED) is 0.788. The van der Waals surface area contributed by atoms with Gasteiger partial charge in [0.25, 0.3) is 5.91 Å². The van der Waals surface area contributed by atoms with Gasteiger partial charge in [0.05, 0.1) is 11.1 Å². The highest BCUT2D eigenvalue weighted by atomic mass is 32.1. The van der Waals surface area contributed by atoms with Crippen molar-refractivity contribution >= 4 is 23.2 Å². The lowest BCUT2D eigenvalue weighted by Gasteiger charge is -2.44. The van der Waals surface area contributed by atoms with Crippen molar-refractivity contribution < 1.29 is 9.59 Å². The van der Waals surface area contributed by atoms with Crippen LogP contribution in [0.2, 0.25) is 0 Å². The fraction of sp³-hybridized carbons (Fsp3) is 0.571. The number of hydrogen-bond donors (Lipinski definition) is 0. The summed E-state index contributed by atoms with van der Waals surface area (Å²) < 4.78 is 0. The second kappa shape index (κ2) is 4.63. The molecule has 0 unspecified atom stereocenters. The average Bonchev–Trinajstić information content (AvgIpc) is 3.04. The first-order valence-corrected chi connectivity index (χ1v) is 7.65. The number of piperidine rings is 1. The Hall–Kier alpha value is -1.36. The second-order valence-corrected chi connectivity index (χ2v) is 6.30. The van der Waals surface area contributed by atoms with Crippen molar-refractivity contribution in [2.75, 3.05) is 20.1 Å². The molecule has 4 nitrogen and oxygen atoms in total. The van der Waals surface area contributed by atoms with Gasteiger partial charge in [-0.15, -0.1) is 0 Å². The van der Waals surface area contributed by atoms with E-state index in [-0.39, 0.29) is 17.4 Å². The molecule has 0 aliphatic carbocycles. The average molecular weight is 278 g/mol. The van der Waals surface area contributed by atoms with Gasteiger partial charge in [-0.05, 0) is 30.7 Å². The highest BCUT2D eigenvalue weighted by molar-refractivity contribution is 7.08. The largest absolute Gasteiger partial charge is 0.338 e. The Morgan fingerprint density at radius 2 is 2.26 bits per heavy atom. The second-order valence-electron chi connectivity index (χ2n) is 5.52. The maximum Gasteiger partial charge on any atom is 0.254 e. The molecule has 19 heavy (non-hydrogen) atoms. The van der Waals surface area contributed by atoms with Gasteiger partial charge in [-0.1, -0.05) is 0 Å². The summed E-state index contributed by atoms with van der Waals surface area (Å²) >= 11 is 1.54. The zero-order valence-corrected chi connectivity index (χ0v) is 11.9. The van der Waals surface area contributed by atoms with E-state index in [2.05, 4.69) is 0 Å². The molecule has 3 rings (SSSR count). The van der Waals surface area contributed by atoms with E-state index in [0.717, 1.165) is 31.4 Å². The van der Waals surface area contributed by atoms with Gasteiger partial charge in [-0.25, -0.2) is 0 Å². The fourth-order valence-corrected chi connectivity index (χ4v) is 3.90. The molecule has 1 atom stereocenters. The molecule has 0 bridgehead atoms. The minimum atomic E-state index is -0.110. The number of carbonyl (C=O) groups excluding carboxylic acids is 2. The van der Waals surface area contributed by atoms with Crippen molar-refractivity contribution in [3.8, 4) is 0 Å². The molecule has 3 heterocycles. The number of rotatable bonds is 1. The zero-order chi connectivity index (χ0) is 13.5. The van der Waals surface area contributed by atoms with Crippen LogP contribution in [-0.2, 0) is 4.79 Å². The molecule has 1 aromatic rings. The molecule has 0 saturated carbocycles. The van der Waals surface area contributed by atoms with Gasteiger partial charge in [0, 0.05) is 31.9 Å². The van der Waals surface area contributed by atoms with Gasteiger partial charge in [0.15, 0.2) is 0 Å². The molecule has 0 aromatic carbocycles. The standard InChI is InChI=1S/C14H18N2O2S/c1-15-12(17)3-6-14(15)5-2-7-16(10-14)13(18)11-4-8-19-9-11/h4,8-9H,2-3,5-7,10H2,1H3/t14-/m0/s1. The molecule has 5 heteroatoms. The van der Waals surface area contributed by atoms with Crippen LogP contribution in [0.25, 0.3) is 0 Å². The molecule has 1 spiro atoms. The van der Waals surface area contributed by atoms with Crippen molar-refractivity contribution in [3.63, 3.8) is 0 Å². The zero-order valence-electron chi connectivity index (χ0n) is 11.1. The van der Waals surface area contributed by atoms with Crippen molar-refractivity contribution in [1.29, 1.82) is 0 Å². The minimum Gasteiger partial charge on any atom is -0.338 e. The summed E-state index contributed by atoms with van der Waals surface area (Å²) in [6.07, 6.45) is 3.50. The summed E-state index contributed by atoms with van der Waals surface area (Å²) in [6, 6.07) is 1.87. The normalized spacial score (nSPS) is 27.3. The van der Waals surface area contributed by atoms with Gasteiger partial charge in [-0.2, -0.15) is 11.3 Å². The summed E-state index contributed by atoms with van der Waals surface area (Å²) in [4.78, 5) is 28.0. The van der Waals surface area contributed by atoms with Crippen LogP contribution in [0, 0.1) is 0 Å². The first-order chi connectivity index (χ1) is 9.12. The number of likely N-dealkylation sites (N-methyl/N-ethyl adjacent to an activating group) is 1. The predicted octanol–water partition coefficient (Wildman–Crippen LogP) is 1.98. The van der Waals surface area contributed by atoms with Crippen LogP contribution < -0.4 is 0 Å². The Kier molecular flexibility index (Phi) is 3.09. The van der Waals surface area contributed by atoms with Crippen LogP contribution in [0.15, 0.2) is 16.8 Å². The Morgan fingerprint density at radius 3 is 2.89 bits per heavy atom. The summed E-state index contributed by atoms with van der Waals surface area (Å²) in [6.45, 7) is 1.49. The van der Waals surface area contributed by atoms with E-state index in [0.29, 0.717) is 13.0 Å². The van der Waals surface area contributed by atoms with Gasteiger partial charge in [-0.3, -0.25) is 9.59 Å². The fourth-order valence-electron chi connectivity index (χ4n) is 3.27. The molecule has 102 valence electrons. The molecule has 0 N–H and O–H groups in total. The molecule has 2 aliphatic rings. The smallest absolute Gasteiger partial charge is 0.254 e. The maximum absolute atomic E-state index is 12.4. The van der Waals surface area contributed by atoms with Crippen LogP contribution in [0.3, 0.4) is 0 Å². The summed E-state index contributed by atoms with van der Waals surface area (Å²) in [5.41, 5.74) is 0.662. The van der Waals surface area contributed by atoms with Gasteiger partial charge < -0.3 is 9.80 Å². The van der Waals surface area contributed by atoms with Gasteiger partial charge in [0.2, 0.25) is 5.91 Å². The minimum absolute atomic E-state index is 0.105. The van der Waals surface area contributed by atoms with E-state index in [1.807, 2.05) is 33.7 Å². The van der Waals surface area contributed by atoms with Crippen LogP contribution in [0.5, 0.6) is 0 Å². The Balaban J connectivity index is 1.79. The van der Waals surface area contributed by atoms with Crippen molar-refractivity contribution in [3.05, 3.63) is 22.4 Å². The lowest BCUT2D eigenvalue weighted by Crippen LogP contribution is -2.56. The van der Waals surface area contributed by atoms with Crippen LogP contribution in [0.4, 0.5) is 0 Å². The molecule has 2 fully saturated rings. The summed E-state index contributed by atoms with van der Waals surface area (Å²) in [7, 11) is 1.88. The van der Waals surface area contributed by atoms with Gasteiger partial charge in [0.1, 0.15) is 0 Å². The Labute approximate surface area is 117 Å². The third-order valence-corrected chi connectivity index (χ3v) is 5.18. The van der Waals surface area contributed by atoms with E-state index >= 15 is 0 Å². The van der Waals surface area contributed by atoms with Crippen LogP contribution in [-0.4, -0.2) is 47.3 Å². The van der Waals surface area contributed by atoms with E-state index in [1.54, 1.807) is 11.3 Å². The highest BCUT2D eigenvalue weighted by Crippen LogP contribution is 2.37. The number of nitrogens with zero attached hydrogens (tertiary/aromatic N) is 2. The van der Waals surface area contributed by atoms with E-state index in [4.69, 9.17) is 0 Å². The SMILES string of the molecule is CN1C(=O)CC[C@]12CCCN(C(=O)c1ccsc1)C2. The molecule has 0 radical (unpaired) electrons. The molecular formula is C14H18N2O2S. The highest BCUT2D eigenvalue weighted by Gasteiger charge is 2.46. The third kappa shape index (κ3) is 2.06. The Bertz CT molecular complexity index is 500. The maximum atomic E-state index is 12.4. The van der Waals surface area contributed by atoms with Crippen molar-refractivity contribution in [1.82, 2.24) is 9.80 Å². The van der Waals surface area contributed by atoms with Crippen molar-refractivity contribution in [2.45, 2.75) is 31.2 Å². The van der Waals surface area contributed by atoms with E-state index < -0.39 is 0 Å². The van der Waals surface area contributed by atoms with Crippen LogP contribution >= 0.6 is 11.3 Å². The summed E-state index contributed by atoms with van der Waals surface area (Å²) in [5, 5.41) is 3.82. The summed E-state index contributed by atoms with van der Waals surface area (Å²) in [5.74, 6) is 0.318. The number of hydrogen-bond acceptors (Lipinski definition) is 3. The molecule has 1 aromatic heterocycles. The topological polar surface area (TPSA) is 40.6 Å². The first-order valence-electron chi connectivity index (χ1n) is 6.71. The number of likely N-dealkylation sites (tertiary alicyclic amines) is 2. The molecule has 2 saturated heterocycles. The van der Waals surface area contributed by atoms with E-state index in [1.165, 1.54) is 0 Å². The molecule has 2 aliphatic heterocycles. The van der Waals surface area contributed by atoms with Gasteiger partial charge >= 0.3 is 0 Å². The van der Waals surface area contributed by atoms with E-state index in [9.17, 15) is 9.59 Å². The lowest BCUT2D eigenvalue weighted by atomic mass is 9.86. The lowest BCUT2D eigenvalue weighted by molar-refractivity contribution is -0.130. The van der Waals surface area contributed by atoms with Crippen LogP contribution in [0.1, 0.15) is 36.0 Å². The number of amides is 2. The predicted molar refractivity (Wildman–Crippen MR) is 74.2 cm³/mol. The number of carbonyl (C=O) groups is 2. The molecule has 2 amide bonds.